The van der Waals surface area contributed by atoms with Crippen LogP contribution in [-0.2, 0) is 9.59 Å². The minimum atomic E-state index is 0. The van der Waals surface area contributed by atoms with Crippen molar-refractivity contribution in [3.63, 3.8) is 0 Å². The molecule has 0 aromatic rings. The molecule has 130 valence electrons. The van der Waals surface area contributed by atoms with Crippen LogP contribution >= 0.6 is 24.8 Å². The molecule has 6 nitrogen and oxygen atoms in total. The van der Waals surface area contributed by atoms with Crippen molar-refractivity contribution in [2.75, 3.05) is 39.8 Å². The van der Waals surface area contributed by atoms with Crippen LogP contribution in [0.15, 0.2) is 0 Å². The second kappa shape index (κ2) is 11.0. The third kappa shape index (κ3) is 8.17. The topological polar surface area (TPSA) is 73.5 Å². The highest BCUT2D eigenvalue weighted by Crippen LogP contribution is 2.27. The fraction of sp³-hybridized carbons (Fsp3) is 0.857. The molecule has 1 aliphatic heterocycles. The van der Waals surface area contributed by atoms with Gasteiger partial charge < -0.3 is 16.0 Å². The summed E-state index contributed by atoms with van der Waals surface area (Å²) < 4.78 is 0. The van der Waals surface area contributed by atoms with Crippen molar-refractivity contribution in [1.29, 1.82) is 0 Å². The molecule has 0 radical (unpaired) electrons. The number of rotatable bonds is 7. The molecule has 2 rings (SSSR count). The van der Waals surface area contributed by atoms with Gasteiger partial charge in [-0.05, 0) is 38.1 Å². The molecule has 2 aliphatic rings. The zero-order chi connectivity index (χ0) is 14.4. The Morgan fingerprint density at radius 3 is 2.23 bits per heavy atom. The summed E-state index contributed by atoms with van der Waals surface area (Å²) >= 11 is 0. The molecule has 22 heavy (non-hydrogen) atoms. The molecule has 0 aromatic heterocycles. The first-order valence-corrected chi connectivity index (χ1v) is 7.60. The predicted molar refractivity (Wildman–Crippen MR) is 91.8 cm³/mol. The number of likely N-dealkylation sites (N-methyl/N-ethyl adjacent to an activating group) is 1. The largest absolute Gasteiger partial charge is 0.358 e. The number of carbonyl (C=O) groups excluding carboxylic acids is 2. The first-order chi connectivity index (χ1) is 9.67. The number of carbonyl (C=O) groups is 2. The Labute approximate surface area is 145 Å². The van der Waals surface area contributed by atoms with E-state index in [2.05, 4.69) is 20.9 Å². The Morgan fingerprint density at radius 1 is 1.05 bits per heavy atom. The van der Waals surface area contributed by atoms with Gasteiger partial charge in [-0.2, -0.15) is 0 Å². The lowest BCUT2D eigenvalue weighted by Crippen LogP contribution is -2.48. The second-order valence-corrected chi connectivity index (χ2v) is 5.87. The van der Waals surface area contributed by atoms with Crippen molar-refractivity contribution in [2.24, 2.45) is 5.92 Å². The van der Waals surface area contributed by atoms with E-state index >= 15 is 0 Å². The third-order valence-electron chi connectivity index (χ3n) is 4.01. The quantitative estimate of drug-likeness (QED) is 0.608. The minimum absolute atomic E-state index is 0. The van der Waals surface area contributed by atoms with Gasteiger partial charge in [-0.15, -0.1) is 24.8 Å². The van der Waals surface area contributed by atoms with Gasteiger partial charge in [0.25, 0.3) is 0 Å². The van der Waals surface area contributed by atoms with E-state index in [0.29, 0.717) is 13.1 Å². The van der Waals surface area contributed by atoms with E-state index in [1.807, 2.05) is 0 Å². The SMILES string of the molecule is CNC(=O)CN1CCC(NC(=O)CNCC2CC2)CC1.Cl.Cl. The van der Waals surface area contributed by atoms with Crippen molar-refractivity contribution < 1.29 is 9.59 Å². The zero-order valence-electron chi connectivity index (χ0n) is 13.1. The Balaban J connectivity index is 0.00000220. The lowest BCUT2D eigenvalue weighted by atomic mass is 10.1. The summed E-state index contributed by atoms with van der Waals surface area (Å²) in [7, 11) is 1.66. The van der Waals surface area contributed by atoms with Crippen LogP contribution in [0.3, 0.4) is 0 Å². The standard InChI is InChI=1S/C14H26N4O2.2ClH/c1-15-14(20)10-18-6-4-12(5-7-18)17-13(19)9-16-8-11-2-3-11;;/h11-12,16H,2-10H2,1H3,(H,15,20)(H,17,19);2*1H. The summed E-state index contributed by atoms with van der Waals surface area (Å²) in [6.07, 6.45) is 4.45. The minimum Gasteiger partial charge on any atom is -0.358 e. The highest BCUT2D eigenvalue weighted by Gasteiger charge is 2.23. The maximum absolute atomic E-state index is 11.8. The first-order valence-electron chi connectivity index (χ1n) is 7.60. The highest BCUT2D eigenvalue weighted by atomic mass is 35.5. The third-order valence-corrected chi connectivity index (χ3v) is 4.01. The summed E-state index contributed by atoms with van der Waals surface area (Å²) in [6.45, 7) is 3.59. The van der Waals surface area contributed by atoms with Gasteiger partial charge >= 0.3 is 0 Å². The molecular weight excluding hydrogens is 327 g/mol. The molecule has 1 heterocycles. The van der Waals surface area contributed by atoms with Crippen molar-refractivity contribution in [3.8, 4) is 0 Å². The summed E-state index contributed by atoms with van der Waals surface area (Å²) in [6, 6.07) is 0.256. The molecular formula is C14H28Cl2N4O2. The summed E-state index contributed by atoms with van der Waals surface area (Å²) in [5.74, 6) is 0.947. The van der Waals surface area contributed by atoms with Crippen LogP contribution < -0.4 is 16.0 Å². The van der Waals surface area contributed by atoms with Crippen LogP contribution in [0.2, 0.25) is 0 Å². The number of hydrogen-bond acceptors (Lipinski definition) is 4. The molecule has 8 heteroatoms. The fourth-order valence-corrected chi connectivity index (χ4v) is 2.51. The van der Waals surface area contributed by atoms with E-state index in [-0.39, 0.29) is 42.7 Å². The molecule has 3 N–H and O–H groups in total. The molecule has 2 amide bonds. The summed E-state index contributed by atoms with van der Waals surface area (Å²) in [4.78, 5) is 25.2. The lowest BCUT2D eigenvalue weighted by Gasteiger charge is -2.31. The van der Waals surface area contributed by atoms with E-state index in [4.69, 9.17) is 0 Å². The van der Waals surface area contributed by atoms with Gasteiger partial charge in [0, 0.05) is 26.2 Å². The van der Waals surface area contributed by atoms with Gasteiger partial charge in [-0.1, -0.05) is 0 Å². The van der Waals surface area contributed by atoms with Crippen molar-refractivity contribution in [3.05, 3.63) is 0 Å². The number of amides is 2. The smallest absolute Gasteiger partial charge is 0.234 e. The van der Waals surface area contributed by atoms with Crippen LogP contribution in [0, 0.1) is 5.92 Å². The van der Waals surface area contributed by atoms with E-state index in [0.717, 1.165) is 38.4 Å². The predicted octanol–water partition coefficient (Wildman–Crippen LogP) is 0.156. The Morgan fingerprint density at radius 2 is 1.68 bits per heavy atom. The van der Waals surface area contributed by atoms with Crippen LogP contribution in [0.1, 0.15) is 25.7 Å². The van der Waals surface area contributed by atoms with Crippen molar-refractivity contribution >= 4 is 36.6 Å². The molecule has 2 fully saturated rings. The number of nitrogens with one attached hydrogen (secondary N) is 3. The molecule has 1 saturated carbocycles. The normalized spacial score (nSPS) is 18.8. The van der Waals surface area contributed by atoms with Crippen LogP contribution in [0.4, 0.5) is 0 Å². The highest BCUT2D eigenvalue weighted by molar-refractivity contribution is 5.85. The Kier molecular flexibility index (Phi) is 10.8. The Hall–Kier alpha value is -0.560. The average molecular weight is 355 g/mol. The first kappa shape index (κ1) is 21.4. The monoisotopic (exact) mass is 354 g/mol. The summed E-state index contributed by atoms with van der Waals surface area (Å²) in [5, 5.41) is 8.91. The number of hydrogen-bond donors (Lipinski definition) is 3. The van der Waals surface area contributed by atoms with Gasteiger partial charge in [-0.25, -0.2) is 0 Å². The maximum atomic E-state index is 11.8. The number of halogens is 2. The van der Waals surface area contributed by atoms with E-state index in [9.17, 15) is 9.59 Å². The Bertz CT molecular complexity index is 346. The van der Waals surface area contributed by atoms with Crippen molar-refractivity contribution in [2.45, 2.75) is 31.7 Å². The van der Waals surface area contributed by atoms with Crippen molar-refractivity contribution in [1.82, 2.24) is 20.9 Å². The van der Waals surface area contributed by atoms with Crippen LogP contribution in [0.25, 0.3) is 0 Å². The molecule has 1 aliphatic carbocycles. The molecule has 0 aromatic carbocycles. The number of nitrogens with zero attached hydrogens (tertiary/aromatic N) is 1. The van der Waals surface area contributed by atoms with Gasteiger partial charge in [0.15, 0.2) is 0 Å². The number of piperidine rings is 1. The average Bonchev–Trinajstić information content (AvgIpc) is 3.25. The molecule has 0 bridgehead atoms. The van der Waals surface area contributed by atoms with Gasteiger partial charge in [0.2, 0.25) is 11.8 Å². The van der Waals surface area contributed by atoms with Gasteiger partial charge in [-0.3, -0.25) is 14.5 Å². The lowest BCUT2D eigenvalue weighted by molar-refractivity contribution is -0.123. The molecule has 1 saturated heterocycles. The summed E-state index contributed by atoms with van der Waals surface area (Å²) in [5.41, 5.74) is 0. The molecule has 0 unspecified atom stereocenters. The number of likely N-dealkylation sites (tertiary alicyclic amines) is 1. The zero-order valence-corrected chi connectivity index (χ0v) is 14.7. The van der Waals surface area contributed by atoms with E-state index < -0.39 is 0 Å². The molecule has 0 spiro atoms. The second-order valence-electron chi connectivity index (χ2n) is 5.87. The van der Waals surface area contributed by atoms with Crippen LogP contribution in [0.5, 0.6) is 0 Å². The fourth-order valence-electron chi connectivity index (χ4n) is 2.51. The van der Waals surface area contributed by atoms with Crippen LogP contribution in [-0.4, -0.2) is 62.5 Å². The van der Waals surface area contributed by atoms with E-state index in [1.165, 1.54) is 12.8 Å². The van der Waals surface area contributed by atoms with E-state index in [1.54, 1.807) is 7.05 Å². The van der Waals surface area contributed by atoms with Gasteiger partial charge in [0.1, 0.15) is 0 Å². The maximum Gasteiger partial charge on any atom is 0.234 e. The van der Waals surface area contributed by atoms with Gasteiger partial charge in [0.05, 0.1) is 13.1 Å². The molecule has 0 atom stereocenters.